The third kappa shape index (κ3) is 3.83. The number of hydrazone groups is 1. The molecule has 0 fully saturated rings. The molecule has 0 bridgehead atoms. The van der Waals surface area contributed by atoms with Gasteiger partial charge in [0.2, 0.25) is 0 Å². The lowest BCUT2D eigenvalue weighted by Crippen LogP contribution is -2.32. The molecule has 3 heterocycles. The summed E-state index contributed by atoms with van der Waals surface area (Å²) in [5.41, 5.74) is 1.81. The first-order valence-electron chi connectivity index (χ1n) is 8.94. The molecule has 7 nitrogen and oxygen atoms in total. The van der Waals surface area contributed by atoms with Crippen molar-refractivity contribution in [3.63, 3.8) is 0 Å². The molecule has 0 saturated heterocycles. The normalized spacial score (nSPS) is 16.0. The molecule has 1 aliphatic heterocycles. The van der Waals surface area contributed by atoms with Gasteiger partial charge in [0, 0.05) is 18.0 Å². The van der Waals surface area contributed by atoms with Crippen molar-refractivity contribution in [1.82, 2.24) is 9.58 Å². The van der Waals surface area contributed by atoms with E-state index in [9.17, 15) is 4.79 Å². The van der Waals surface area contributed by atoms with Gasteiger partial charge in [-0.05, 0) is 29.1 Å². The van der Waals surface area contributed by atoms with Crippen molar-refractivity contribution in [2.75, 3.05) is 14.2 Å². The van der Waals surface area contributed by atoms with Crippen LogP contribution >= 0.6 is 22.7 Å². The van der Waals surface area contributed by atoms with E-state index in [1.807, 2.05) is 35.7 Å². The maximum atomic E-state index is 13.1. The number of nitrogens with one attached hydrogen (secondary N) is 1. The van der Waals surface area contributed by atoms with Gasteiger partial charge in [0.05, 0.1) is 30.9 Å². The van der Waals surface area contributed by atoms with Crippen molar-refractivity contribution in [1.29, 1.82) is 5.41 Å². The molecule has 29 heavy (non-hydrogen) atoms. The number of ether oxygens (including phenoxy) is 2. The van der Waals surface area contributed by atoms with Crippen LogP contribution in [0.5, 0.6) is 11.5 Å². The van der Waals surface area contributed by atoms with Crippen LogP contribution in [-0.2, 0) is 11.3 Å². The number of carbonyl (C=O) groups excluding carboxylic acids is 1. The summed E-state index contributed by atoms with van der Waals surface area (Å²) in [4.78, 5) is 14.5. The fourth-order valence-corrected chi connectivity index (χ4v) is 4.62. The van der Waals surface area contributed by atoms with Gasteiger partial charge in [-0.1, -0.05) is 12.1 Å². The summed E-state index contributed by atoms with van der Waals surface area (Å²) in [7, 11) is 3.19. The Labute approximate surface area is 176 Å². The van der Waals surface area contributed by atoms with E-state index in [1.165, 1.54) is 11.3 Å². The molecular formula is C20H20N4O3S2. The molecule has 4 rings (SSSR count). The number of carbonyl (C=O) groups is 1. The number of thiophene rings is 1. The Morgan fingerprint density at radius 1 is 1.21 bits per heavy atom. The molecule has 0 saturated carbocycles. The van der Waals surface area contributed by atoms with Crippen LogP contribution in [0.25, 0.3) is 0 Å². The van der Waals surface area contributed by atoms with Crippen LogP contribution in [0.15, 0.2) is 52.4 Å². The molecule has 1 N–H and O–H groups in total. The highest BCUT2D eigenvalue weighted by molar-refractivity contribution is 7.12. The lowest BCUT2D eigenvalue weighted by Gasteiger charge is -2.23. The molecule has 1 aliphatic rings. The molecular weight excluding hydrogens is 408 g/mol. The molecule has 1 atom stereocenters. The highest BCUT2D eigenvalue weighted by atomic mass is 32.1. The van der Waals surface area contributed by atoms with Crippen LogP contribution < -0.4 is 14.3 Å². The Hall–Kier alpha value is -2.91. The van der Waals surface area contributed by atoms with Gasteiger partial charge in [0.1, 0.15) is 6.54 Å². The Bertz CT molecular complexity index is 1100. The summed E-state index contributed by atoms with van der Waals surface area (Å²) in [6.45, 7) is 0.0767. The second-order valence-corrected chi connectivity index (χ2v) is 8.27. The topological polar surface area (TPSA) is 79.9 Å². The first kappa shape index (κ1) is 19.4. The van der Waals surface area contributed by atoms with Crippen LogP contribution in [-0.4, -0.2) is 35.4 Å². The lowest BCUT2D eigenvalue weighted by atomic mass is 10.0. The van der Waals surface area contributed by atoms with Gasteiger partial charge >= 0.3 is 0 Å². The molecule has 1 amide bonds. The second kappa shape index (κ2) is 8.22. The average molecular weight is 429 g/mol. The van der Waals surface area contributed by atoms with E-state index in [0.29, 0.717) is 22.7 Å². The summed E-state index contributed by atoms with van der Waals surface area (Å²) in [6, 6.07) is 9.42. The van der Waals surface area contributed by atoms with Crippen molar-refractivity contribution < 1.29 is 14.3 Å². The second-order valence-electron chi connectivity index (χ2n) is 6.43. The van der Waals surface area contributed by atoms with Gasteiger partial charge in [-0.2, -0.15) is 5.10 Å². The third-order valence-electron chi connectivity index (χ3n) is 4.75. The number of amides is 1. The monoisotopic (exact) mass is 428 g/mol. The van der Waals surface area contributed by atoms with Gasteiger partial charge in [0.25, 0.3) is 5.91 Å². The van der Waals surface area contributed by atoms with Gasteiger partial charge < -0.3 is 14.0 Å². The number of nitrogens with zero attached hydrogens (tertiary/aromatic N) is 3. The number of hydrogen-bond donors (Lipinski definition) is 1. The molecule has 3 aromatic rings. The van der Waals surface area contributed by atoms with E-state index in [0.717, 1.165) is 16.2 Å². The van der Waals surface area contributed by atoms with Gasteiger partial charge in [0.15, 0.2) is 16.3 Å². The van der Waals surface area contributed by atoms with Gasteiger partial charge in [-0.15, -0.1) is 22.7 Å². The highest BCUT2D eigenvalue weighted by Crippen LogP contribution is 2.37. The molecule has 9 heteroatoms. The Kier molecular flexibility index (Phi) is 5.50. The zero-order chi connectivity index (χ0) is 20.4. The Morgan fingerprint density at radius 3 is 2.69 bits per heavy atom. The van der Waals surface area contributed by atoms with E-state index in [2.05, 4.69) is 5.10 Å². The number of benzene rings is 1. The highest BCUT2D eigenvalue weighted by Gasteiger charge is 2.34. The summed E-state index contributed by atoms with van der Waals surface area (Å²) in [5.74, 6) is 1.09. The quantitative estimate of drug-likeness (QED) is 0.653. The summed E-state index contributed by atoms with van der Waals surface area (Å²) >= 11 is 2.89. The van der Waals surface area contributed by atoms with E-state index in [1.54, 1.807) is 46.7 Å². The van der Waals surface area contributed by atoms with Crippen molar-refractivity contribution in [3.8, 4) is 11.5 Å². The van der Waals surface area contributed by atoms with E-state index in [-0.39, 0.29) is 18.5 Å². The lowest BCUT2D eigenvalue weighted by molar-refractivity contribution is -0.133. The van der Waals surface area contributed by atoms with Crippen LogP contribution in [0, 0.1) is 5.41 Å². The molecule has 0 spiro atoms. The maximum absolute atomic E-state index is 13.1. The number of thiazole rings is 1. The van der Waals surface area contributed by atoms with E-state index >= 15 is 0 Å². The zero-order valence-electron chi connectivity index (χ0n) is 16.0. The zero-order valence-corrected chi connectivity index (χ0v) is 17.6. The number of hydrogen-bond acceptors (Lipinski definition) is 7. The largest absolute Gasteiger partial charge is 0.493 e. The minimum Gasteiger partial charge on any atom is -0.493 e. The molecule has 0 aliphatic carbocycles. The maximum Gasteiger partial charge on any atom is 0.263 e. The minimum absolute atomic E-state index is 0.0767. The summed E-state index contributed by atoms with van der Waals surface area (Å²) < 4.78 is 12.4. The van der Waals surface area contributed by atoms with Crippen molar-refractivity contribution in [3.05, 3.63) is 62.5 Å². The summed E-state index contributed by atoms with van der Waals surface area (Å²) in [5, 5.41) is 17.9. The molecule has 0 radical (unpaired) electrons. The predicted molar refractivity (Wildman–Crippen MR) is 113 cm³/mol. The standard InChI is InChI=1S/C20H20N4O3S2/c1-26-16-6-5-13(10-17(16)27-2)15-11-14(18-4-3-8-28-18)22-24(15)19(25)12-23-7-9-29-20(23)21/h3-10,15,21H,11-12H2,1-2H3. The van der Waals surface area contributed by atoms with Crippen molar-refractivity contribution in [2.45, 2.75) is 19.0 Å². The Balaban J connectivity index is 1.68. The van der Waals surface area contributed by atoms with Gasteiger partial charge in [-0.3, -0.25) is 10.2 Å². The predicted octanol–water partition coefficient (Wildman–Crippen LogP) is 3.49. The molecule has 1 unspecified atom stereocenters. The first-order chi connectivity index (χ1) is 14.1. The Morgan fingerprint density at radius 2 is 2.03 bits per heavy atom. The smallest absolute Gasteiger partial charge is 0.263 e. The van der Waals surface area contributed by atoms with Gasteiger partial charge in [-0.25, -0.2) is 5.01 Å². The molecule has 150 valence electrons. The van der Waals surface area contributed by atoms with Crippen LogP contribution in [0.1, 0.15) is 22.9 Å². The van der Waals surface area contributed by atoms with Crippen LogP contribution in [0.2, 0.25) is 0 Å². The van der Waals surface area contributed by atoms with E-state index in [4.69, 9.17) is 14.9 Å². The van der Waals surface area contributed by atoms with E-state index < -0.39 is 0 Å². The fourth-order valence-electron chi connectivity index (χ4n) is 3.30. The van der Waals surface area contributed by atoms with Crippen LogP contribution in [0.3, 0.4) is 0 Å². The van der Waals surface area contributed by atoms with Crippen LogP contribution in [0.4, 0.5) is 0 Å². The molecule has 1 aromatic carbocycles. The van der Waals surface area contributed by atoms with Crippen molar-refractivity contribution >= 4 is 34.3 Å². The summed E-state index contributed by atoms with van der Waals surface area (Å²) in [6.07, 6.45) is 2.36. The average Bonchev–Trinajstić information content (AvgIpc) is 3.48. The number of methoxy groups -OCH3 is 2. The SMILES string of the molecule is COc1ccc(C2CC(c3cccs3)=NN2C(=O)Cn2ccsc2=N)cc1OC. The third-order valence-corrected chi connectivity index (χ3v) is 6.39. The van der Waals surface area contributed by atoms with Crippen molar-refractivity contribution in [2.24, 2.45) is 5.10 Å². The minimum atomic E-state index is -0.243. The number of aromatic nitrogens is 1. The fraction of sp³-hybridized carbons (Fsp3) is 0.250. The number of rotatable bonds is 6. The first-order valence-corrected chi connectivity index (χ1v) is 10.7. The molecule has 2 aromatic heterocycles.